The molecular weight excluding hydrogens is 439 g/mol. The van der Waals surface area contributed by atoms with Gasteiger partial charge in [0.25, 0.3) is 0 Å². The van der Waals surface area contributed by atoms with Crippen molar-refractivity contribution >= 4 is 40.5 Å². The maximum atomic E-state index is 6.57. The SMILES string of the molecule is COc1ccccc1CN1CCN(c2ccc(Cl)cc2Cl)C(c2ccc(Cl)cc2)C1. The third kappa shape index (κ3) is 4.70. The Morgan fingerprint density at radius 3 is 2.37 bits per heavy atom. The van der Waals surface area contributed by atoms with Gasteiger partial charge in [-0.15, -0.1) is 0 Å². The first kappa shape index (κ1) is 21.3. The minimum Gasteiger partial charge on any atom is -0.496 e. The van der Waals surface area contributed by atoms with Gasteiger partial charge in [-0.25, -0.2) is 0 Å². The van der Waals surface area contributed by atoms with Crippen LogP contribution in [-0.2, 0) is 6.54 Å². The molecule has 30 heavy (non-hydrogen) atoms. The average Bonchev–Trinajstić information content (AvgIpc) is 2.75. The number of rotatable bonds is 5. The summed E-state index contributed by atoms with van der Waals surface area (Å²) in [4.78, 5) is 4.82. The van der Waals surface area contributed by atoms with E-state index < -0.39 is 0 Å². The summed E-state index contributed by atoms with van der Waals surface area (Å²) in [6.07, 6.45) is 0. The number of para-hydroxylation sites is 1. The Kier molecular flexibility index (Phi) is 6.74. The van der Waals surface area contributed by atoms with Gasteiger partial charge in [0.2, 0.25) is 0 Å². The number of halogens is 3. The van der Waals surface area contributed by atoms with E-state index in [-0.39, 0.29) is 6.04 Å². The van der Waals surface area contributed by atoms with Crippen LogP contribution in [0.3, 0.4) is 0 Å². The van der Waals surface area contributed by atoms with Crippen molar-refractivity contribution in [3.05, 3.63) is 92.9 Å². The van der Waals surface area contributed by atoms with Crippen LogP contribution in [0.25, 0.3) is 0 Å². The monoisotopic (exact) mass is 460 g/mol. The molecule has 1 aliphatic heterocycles. The maximum absolute atomic E-state index is 6.57. The highest BCUT2D eigenvalue weighted by atomic mass is 35.5. The highest BCUT2D eigenvalue weighted by Crippen LogP contribution is 2.37. The van der Waals surface area contributed by atoms with E-state index in [1.807, 2.05) is 36.4 Å². The molecule has 6 heteroatoms. The number of ether oxygens (including phenoxy) is 1. The van der Waals surface area contributed by atoms with E-state index in [1.165, 1.54) is 11.1 Å². The minimum absolute atomic E-state index is 0.143. The first-order valence-electron chi connectivity index (χ1n) is 9.86. The molecular formula is C24H23Cl3N2O. The van der Waals surface area contributed by atoms with E-state index in [4.69, 9.17) is 39.5 Å². The fraction of sp³-hybridized carbons (Fsp3) is 0.250. The summed E-state index contributed by atoms with van der Waals surface area (Å²) in [6.45, 7) is 3.46. The Hall–Kier alpha value is -1.91. The first-order chi connectivity index (χ1) is 14.5. The summed E-state index contributed by atoms with van der Waals surface area (Å²) in [7, 11) is 1.72. The smallest absolute Gasteiger partial charge is 0.123 e. The van der Waals surface area contributed by atoms with Crippen molar-refractivity contribution in [3.8, 4) is 5.75 Å². The quantitative estimate of drug-likeness (QED) is 0.419. The summed E-state index contributed by atoms with van der Waals surface area (Å²) in [6, 6.07) is 22.1. The van der Waals surface area contributed by atoms with Crippen LogP contribution in [0.15, 0.2) is 66.7 Å². The van der Waals surface area contributed by atoms with E-state index in [0.29, 0.717) is 10.0 Å². The van der Waals surface area contributed by atoms with E-state index >= 15 is 0 Å². The second-order valence-electron chi connectivity index (χ2n) is 7.40. The topological polar surface area (TPSA) is 15.7 Å². The number of nitrogens with zero attached hydrogens (tertiary/aromatic N) is 2. The van der Waals surface area contributed by atoms with Crippen LogP contribution >= 0.6 is 34.8 Å². The van der Waals surface area contributed by atoms with Crippen molar-refractivity contribution in [1.82, 2.24) is 4.90 Å². The number of hydrogen-bond acceptors (Lipinski definition) is 3. The van der Waals surface area contributed by atoms with Gasteiger partial charge in [0, 0.05) is 41.8 Å². The zero-order valence-electron chi connectivity index (χ0n) is 16.7. The normalized spacial score (nSPS) is 17.2. The van der Waals surface area contributed by atoms with Crippen molar-refractivity contribution in [2.45, 2.75) is 12.6 Å². The number of hydrogen-bond donors (Lipinski definition) is 0. The standard InChI is InChI=1S/C24H23Cl3N2O/c1-30-24-5-3-2-4-18(24)15-28-12-13-29(22-11-10-20(26)14-21(22)27)23(16-28)17-6-8-19(25)9-7-17/h2-11,14,23H,12-13,15-16H2,1H3. The van der Waals surface area contributed by atoms with Gasteiger partial charge in [-0.05, 0) is 42.0 Å². The van der Waals surface area contributed by atoms with Crippen LogP contribution in [0.5, 0.6) is 5.75 Å². The van der Waals surface area contributed by atoms with Crippen molar-refractivity contribution in [1.29, 1.82) is 0 Å². The molecule has 0 amide bonds. The fourth-order valence-electron chi connectivity index (χ4n) is 4.03. The Morgan fingerprint density at radius 2 is 1.63 bits per heavy atom. The van der Waals surface area contributed by atoms with E-state index in [2.05, 4.69) is 34.1 Å². The molecule has 3 aromatic rings. The van der Waals surface area contributed by atoms with Crippen molar-refractivity contribution in [2.75, 3.05) is 31.6 Å². The molecule has 1 aliphatic rings. The van der Waals surface area contributed by atoms with Crippen molar-refractivity contribution < 1.29 is 4.74 Å². The largest absolute Gasteiger partial charge is 0.496 e. The molecule has 0 bridgehead atoms. The van der Waals surface area contributed by atoms with Gasteiger partial charge in [0.15, 0.2) is 0 Å². The van der Waals surface area contributed by atoms with Gasteiger partial charge in [-0.3, -0.25) is 4.90 Å². The molecule has 0 saturated carbocycles. The van der Waals surface area contributed by atoms with Crippen LogP contribution in [0.4, 0.5) is 5.69 Å². The molecule has 0 radical (unpaired) electrons. The average molecular weight is 462 g/mol. The summed E-state index contributed by atoms with van der Waals surface area (Å²) >= 11 is 18.8. The second-order valence-corrected chi connectivity index (χ2v) is 8.68. The number of piperazine rings is 1. The lowest BCUT2D eigenvalue weighted by Crippen LogP contribution is -2.48. The third-order valence-corrected chi connectivity index (χ3v) is 6.31. The van der Waals surface area contributed by atoms with Crippen LogP contribution in [-0.4, -0.2) is 31.6 Å². The number of methoxy groups -OCH3 is 1. The van der Waals surface area contributed by atoms with Crippen LogP contribution in [0.2, 0.25) is 15.1 Å². The predicted octanol–water partition coefficient (Wildman–Crippen LogP) is 6.72. The lowest BCUT2D eigenvalue weighted by atomic mass is 10.0. The molecule has 1 saturated heterocycles. The van der Waals surface area contributed by atoms with Gasteiger partial charge < -0.3 is 9.64 Å². The Labute approximate surface area is 192 Å². The molecule has 1 heterocycles. The van der Waals surface area contributed by atoms with Crippen molar-refractivity contribution in [3.63, 3.8) is 0 Å². The van der Waals surface area contributed by atoms with Crippen LogP contribution in [0, 0.1) is 0 Å². The predicted molar refractivity (Wildman–Crippen MR) is 126 cm³/mol. The summed E-state index contributed by atoms with van der Waals surface area (Å²) in [5, 5.41) is 2.04. The van der Waals surface area contributed by atoms with Crippen LogP contribution < -0.4 is 9.64 Å². The lowest BCUT2D eigenvalue weighted by Gasteiger charge is -2.43. The Morgan fingerprint density at radius 1 is 0.900 bits per heavy atom. The summed E-state index contributed by atoms with van der Waals surface area (Å²) < 4.78 is 5.55. The molecule has 4 rings (SSSR count). The molecule has 156 valence electrons. The van der Waals surface area contributed by atoms with E-state index in [0.717, 1.165) is 42.6 Å². The molecule has 0 aliphatic carbocycles. The molecule has 1 atom stereocenters. The van der Waals surface area contributed by atoms with Gasteiger partial charge >= 0.3 is 0 Å². The van der Waals surface area contributed by atoms with E-state index in [9.17, 15) is 0 Å². The van der Waals surface area contributed by atoms with Gasteiger partial charge in [-0.1, -0.05) is 65.1 Å². The number of benzene rings is 3. The Bertz CT molecular complexity index is 1010. The third-order valence-electron chi connectivity index (χ3n) is 5.52. The van der Waals surface area contributed by atoms with Gasteiger partial charge in [-0.2, -0.15) is 0 Å². The maximum Gasteiger partial charge on any atom is 0.123 e. The van der Waals surface area contributed by atoms with E-state index in [1.54, 1.807) is 13.2 Å². The van der Waals surface area contributed by atoms with Gasteiger partial charge in [0.05, 0.1) is 23.9 Å². The fourth-order valence-corrected chi connectivity index (χ4v) is 4.67. The highest BCUT2D eigenvalue weighted by Gasteiger charge is 2.30. The molecule has 0 aromatic heterocycles. The number of anilines is 1. The molecule has 1 unspecified atom stereocenters. The minimum atomic E-state index is 0.143. The zero-order chi connectivity index (χ0) is 21.1. The second kappa shape index (κ2) is 9.49. The molecule has 3 nitrogen and oxygen atoms in total. The first-order valence-corrected chi connectivity index (χ1v) is 11.0. The Balaban J connectivity index is 1.63. The molecule has 3 aromatic carbocycles. The van der Waals surface area contributed by atoms with Gasteiger partial charge in [0.1, 0.15) is 5.75 Å². The van der Waals surface area contributed by atoms with Crippen molar-refractivity contribution in [2.24, 2.45) is 0 Å². The highest BCUT2D eigenvalue weighted by molar-refractivity contribution is 6.36. The van der Waals surface area contributed by atoms with Crippen LogP contribution in [0.1, 0.15) is 17.2 Å². The molecule has 1 fully saturated rings. The molecule has 0 spiro atoms. The lowest BCUT2D eigenvalue weighted by molar-refractivity contribution is 0.213. The summed E-state index contributed by atoms with van der Waals surface area (Å²) in [5.41, 5.74) is 3.39. The zero-order valence-corrected chi connectivity index (χ0v) is 19.0. The molecule has 0 N–H and O–H groups in total. The summed E-state index contributed by atoms with van der Waals surface area (Å²) in [5.74, 6) is 0.920.